The molecule has 1 N–H and O–H groups in total. The molecule has 34 heavy (non-hydrogen) atoms. The molecule has 0 atom stereocenters. The van der Waals surface area contributed by atoms with Crippen molar-refractivity contribution in [2.45, 2.75) is 13.2 Å². The van der Waals surface area contributed by atoms with Crippen LogP contribution >= 0.6 is 46.4 Å². The molecule has 1 fully saturated rings. The topological polar surface area (TPSA) is 58.6 Å². The van der Waals surface area contributed by atoms with E-state index in [1.165, 1.54) is 30.3 Å². The Hall–Kier alpha value is -2.77. The van der Waals surface area contributed by atoms with E-state index in [0.717, 1.165) is 10.5 Å². The number of carbonyl (C=O) groups excluding carboxylic acids is 2. The van der Waals surface area contributed by atoms with Gasteiger partial charge in [-0.2, -0.15) is 0 Å². The molecule has 1 aliphatic rings. The van der Waals surface area contributed by atoms with Crippen LogP contribution in [-0.4, -0.2) is 16.8 Å². The van der Waals surface area contributed by atoms with Gasteiger partial charge in [-0.25, -0.2) is 9.18 Å². The van der Waals surface area contributed by atoms with Crippen LogP contribution in [0, 0.1) is 5.82 Å². The fourth-order valence-corrected chi connectivity index (χ4v) is 4.17. The van der Waals surface area contributed by atoms with Crippen molar-refractivity contribution in [2.24, 2.45) is 0 Å². The van der Waals surface area contributed by atoms with Crippen molar-refractivity contribution in [1.29, 1.82) is 0 Å². The Bertz CT molecular complexity index is 1290. The third-order valence-electron chi connectivity index (χ3n) is 4.92. The molecule has 1 heterocycles. The number of hydrogen-bond donors (Lipinski definition) is 1. The Kier molecular flexibility index (Phi) is 7.33. The summed E-state index contributed by atoms with van der Waals surface area (Å²) in [5.41, 5.74) is 1.93. The molecule has 0 radical (unpaired) electrons. The molecule has 5 nitrogen and oxygen atoms in total. The highest BCUT2D eigenvalue weighted by Gasteiger charge is 2.33. The number of rotatable bonds is 6. The highest BCUT2D eigenvalue weighted by atomic mass is 35.5. The lowest BCUT2D eigenvalue weighted by Crippen LogP contribution is -2.30. The third-order valence-corrected chi connectivity index (χ3v) is 6.22. The first-order valence-corrected chi connectivity index (χ1v) is 11.4. The first-order chi connectivity index (χ1) is 16.2. The number of nitrogens with one attached hydrogen (secondary N) is 1. The fourth-order valence-electron chi connectivity index (χ4n) is 3.24. The van der Waals surface area contributed by atoms with Crippen molar-refractivity contribution in [3.05, 3.63) is 103 Å². The van der Waals surface area contributed by atoms with E-state index in [4.69, 9.17) is 51.1 Å². The van der Waals surface area contributed by atoms with Gasteiger partial charge in [-0.15, -0.1) is 0 Å². The average Bonchev–Trinajstić information content (AvgIpc) is 3.04. The number of carbonyl (C=O) groups is 2. The molecule has 0 spiro atoms. The number of nitrogens with zero attached hydrogens (tertiary/aromatic N) is 1. The normalized spacial score (nSPS) is 14.6. The molecule has 1 aliphatic heterocycles. The summed E-state index contributed by atoms with van der Waals surface area (Å²) in [7, 11) is 0. The van der Waals surface area contributed by atoms with Crippen LogP contribution in [-0.2, 0) is 17.9 Å². The lowest BCUT2D eigenvalue weighted by molar-refractivity contribution is -0.123. The van der Waals surface area contributed by atoms with E-state index >= 15 is 0 Å². The monoisotopic (exact) mass is 538 g/mol. The zero-order valence-electron chi connectivity index (χ0n) is 17.2. The SMILES string of the molecule is O=C1N/C(=C/c2cc(Cl)c(OCc3ccc(Cl)c(Cl)c3)c(Cl)c2)C(=O)N1Cc1ccc(F)cc1. The van der Waals surface area contributed by atoms with Crippen LogP contribution in [0.15, 0.2) is 60.3 Å². The first kappa shape index (κ1) is 24.4. The highest BCUT2D eigenvalue weighted by Crippen LogP contribution is 2.36. The summed E-state index contributed by atoms with van der Waals surface area (Å²) < 4.78 is 18.9. The maximum atomic E-state index is 13.1. The molecule has 3 aromatic carbocycles. The molecular weight excluding hydrogens is 525 g/mol. The van der Waals surface area contributed by atoms with Gasteiger partial charge in [-0.05, 0) is 59.2 Å². The van der Waals surface area contributed by atoms with Crippen molar-refractivity contribution in [3.8, 4) is 5.75 Å². The Morgan fingerprint density at radius 3 is 2.15 bits per heavy atom. The van der Waals surface area contributed by atoms with Crippen molar-refractivity contribution in [3.63, 3.8) is 0 Å². The highest BCUT2D eigenvalue weighted by molar-refractivity contribution is 6.42. The quantitative estimate of drug-likeness (QED) is 0.268. The molecule has 0 bridgehead atoms. The average molecular weight is 540 g/mol. The van der Waals surface area contributed by atoms with E-state index in [9.17, 15) is 14.0 Å². The van der Waals surface area contributed by atoms with Crippen LogP contribution in [0.2, 0.25) is 20.1 Å². The summed E-state index contributed by atoms with van der Waals surface area (Å²) in [6.45, 7) is 0.162. The van der Waals surface area contributed by atoms with E-state index in [0.29, 0.717) is 21.2 Å². The molecule has 0 aromatic heterocycles. The van der Waals surface area contributed by atoms with Crippen LogP contribution < -0.4 is 10.1 Å². The molecule has 174 valence electrons. The standard InChI is InChI=1S/C24H15Cl4FN2O3/c25-17-6-3-14(7-18(17)26)12-34-22-19(27)8-15(9-20(22)28)10-21-23(32)31(24(33)30-21)11-13-1-4-16(29)5-2-13/h1-10H,11-12H2,(H,30,33)/b21-10+. The molecule has 0 unspecified atom stereocenters. The predicted molar refractivity (Wildman–Crippen MR) is 131 cm³/mol. The number of ether oxygens (including phenoxy) is 1. The van der Waals surface area contributed by atoms with Gasteiger partial charge < -0.3 is 10.1 Å². The summed E-state index contributed by atoms with van der Waals surface area (Å²) in [6.07, 6.45) is 1.46. The second-order valence-electron chi connectivity index (χ2n) is 7.36. The molecule has 0 saturated carbocycles. The summed E-state index contributed by atoms with van der Waals surface area (Å²) in [4.78, 5) is 26.1. The minimum atomic E-state index is -0.584. The van der Waals surface area contributed by atoms with Crippen LogP contribution in [0.3, 0.4) is 0 Å². The van der Waals surface area contributed by atoms with Gasteiger partial charge in [0.15, 0.2) is 5.75 Å². The first-order valence-electron chi connectivity index (χ1n) is 9.86. The third kappa shape index (κ3) is 5.47. The molecule has 3 aromatic rings. The van der Waals surface area contributed by atoms with Crippen LogP contribution in [0.5, 0.6) is 5.75 Å². The van der Waals surface area contributed by atoms with Gasteiger partial charge >= 0.3 is 6.03 Å². The summed E-state index contributed by atoms with van der Waals surface area (Å²) in [5.74, 6) is -0.669. The van der Waals surface area contributed by atoms with Crippen molar-refractivity contribution < 1.29 is 18.7 Å². The summed E-state index contributed by atoms with van der Waals surface area (Å²) in [6, 6.07) is 13.2. The van der Waals surface area contributed by atoms with Crippen molar-refractivity contribution in [2.75, 3.05) is 0 Å². The second kappa shape index (κ2) is 10.2. The van der Waals surface area contributed by atoms with E-state index < -0.39 is 17.8 Å². The van der Waals surface area contributed by atoms with Crippen molar-refractivity contribution in [1.82, 2.24) is 10.2 Å². The molecule has 3 amide bonds. The Labute approximate surface area is 214 Å². The van der Waals surface area contributed by atoms with Crippen LogP contribution in [0.1, 0.15) is 16.7 Å². The van der Waals surface area contributed by atoms with Gasteiger partial charge in [-0.3, -0.25) is 9.69 Å². The molecule has 0 aliphatic carbocycles. The Morgan fingerprint density at radius 1 is 0.853 bits per heavy atom. The Morgan fingerprint density at radius 2 is 1.50 bits per heavy atom. The number of amides is 3. The molecular formula is C24H15Cl4FN2O3. The number of urea groups is 1. The maximum absolute atomic E-state index is 13.1. The van der Waals surface area contributed by atoms with Crippen LogP contribution in [0.25, 0.3) is 6.08 Å². The van der Waals surface area contributed by atoms with Gasteiger partial charge in [0, 0.05) is 0 Å². The maximum Gasteiger partial charge on any atom is 0.329 e. The Balaban J connectivity index is 1.49. The minimum absolute atomic E-state index is 0.00525. The largest absolute Gasteiger partial charge is 0.486 e. The minimum Gasteiger partial charge on any atom is -0.486 e. The van der Waals surface area contributed by atoms with Gasteiger partial charge in [0.25, 0.3) is 5.91 Å². The van der Waals surface area contributed by atoms with Gasteiger partial charge in [0.2, 0.25) is 0 Å². The fraction of sp³-hybridized carbons (Fsp3) is 0.0833. The number of imide groups is 1. The van der Waals surface area contributed by atoms with Gasteiger partial charge in [0.05, 0.1) is 26.6 Å². The predicted octanol–water partition coefficient (Wildman–Crippen LogP) is 7.11. The van der Waals surface area contributed by atoms with E-state index in [1.54, 1.807) is 30.3 Å². The van der Waals surface area contributed by atoms with E-state index in [2.05, 4.69) is 5.32 Å². The lowest BCUT2D eigenvalue weighted by atomic mass is 10.1. The van der Waals surface area contributed by atoms with Crippen molar-refractivity contribution >= 4 is 64.4 Å². The molecule has 4 rings (SSSR count). The van der Waals surface area contributed by atoms with Gasteiger partial charge in [0.1, 0.15) is 18.1 Å². The lowest BCUT2D eigenvalue weighted by Gasteiger charge is -2.12. The molecule has 1 saturated heterocycles. The number of benzene rings is 3. The zero-order valence-corrected chi connectivity index (χ0v) is 20.3. The summed E-state index contributed by atoms with van der Waals surface area (Å²) >= 11 is 24.7. The number of hydrogen-bond acceptors (Lipinski definition) is 3. The summed E-state index contributed by atoms with van der Waals surface area (Å²) in [5, 5.41) is 3.81. The van der Waals surface area contributed by atoms with E-state index in [1.807, 2.05) is 0 Å². The zero-order chi connectivity index (χ0) is 24.4. The van der Waals surface area contributed by atoms with Crippen LogP contribution in [0.4, 0.5) is 9.18 Å². The smallest absolute Gasteiger partial charge is 0.329 e. The van der Waals surface area contributed by atoms with E-state index in [-0.39, 0.29) is 34.6 Å². The number of halogens is 5. The van der Waals surface area contributed by atoms with Gasteiger partial charge in [-0.1, -0.05) is 64.6 Å². The second-order valence-corrected chi connectivity index (χ2v) is 8.99. The molecule has 10 heteroatoms.